The largest absolute Gasteiger partial charge is 0.453 e. The van der Waals surface area contributed by atoms with Gasteiger partial charge in [0, 0.05) is 12.1 Å². The number of carbonyl (C=O) groups excluding carboxylic acids is 4. The summed E-state index contributed by atoms with van der Waals surface area (Å²) in [5.41, 5.74) is 16.2. The number of imidazole rings is 2. The molecular formula is C50H52N8O6. The number of likely N-dealkylation sites (tertiary alicyclic amines) is 2. The molecule has 5 aliphatic rings. The average molecular weight is 861 g/mol. The van der Waals surface area contributed by atoms with Crippen molar-refractivity contribution in [2.45, 2.75) is 89.6 Å². The fraction of sp³-hybridized carbons (Fsp3) is 0.400. The molecular weight excluding hydrogens is 809 g/mol. The van der Waals surface area contributed by atoms with E-state index >= 15 is 0 Å². The first-order valence-corrected chi connectivity index (χ1v) is 22.3. The molecule has 14 nitrogen and oxygen atoms in total. The molecule has 0 spiro atoms. The van der Waals surface area contributed by atoms with Gasteiger partial charge in [0.15, 0.2) is 0 Å². The third-order valence-electron chi connectivity index (χ3n) is 13.8. The predicted molar refractivity (Wildman–Crippen MR) is 241 cm³/mol. The highest BCUT2D eigenvalue weighted by Crippen LogP contribution is 2.55. The Kier molecular flexibility index (Phi) is 10.3. The summed E-state index contributed by atoms with van der Waals surface area (Å²) < 4.78 is 9.65. The number of piperidine rings is 2. The molecule has 3 aromatic carbocycles. The van der Waals surface area contributed by atoms with E-state index < -0.39 is 24.3 Å². The monoisotopic (exact) mass is 860 g/mol. The number of aromatic amines is 2. The molecule has 3 aliphatic carbocycles. The Morgan fingerprint density at radius 2 is 1.19 bits per heavy atom. The average Bonchev–Trinajstić information content (AvgIpc) is 3.92. The molecule has 2 saturated carbocycles. The number of fused-ring (bicyclic) bond motifs is 4. The van der Waals surface area contributed by atoms with Crippen molar-refractivity contribution in [3.8, 4) is 33.5 Å². The maximum Gasteiger partial charge on any atom is 0.407 e. The number of benzene rings is 3. The minimum Gasteiger partial charge on any atom is -0.453 e. The van der Waals surface area contributed by atoms with Gasteiger partial charge in [0.25, 0.3) is 0 Å². The van der Waals surface area contributed by atoms with Gasteiger partial charge in [0.1, 0.15) is 23.7 Å². The standard InChI is InChI=1S/C50H52N8O6/c1-25(2)43(55-49(61)63-5)47(59)57-39-20-30(39)22-41(57)45-51-24-38(54-45)28-13-11-27(12-14-28)32-16-17-33(35-10-8-7-9-34(32)35)29-15-18-36-37(19-29)53-46(52-36)42-23-31-21-40(31)58(42)48(60)44(26(3)4)56-50(62)64-6/h9-19,24-26,30-31,39-44H,20-23H2,1-6H3,(H,51,54)(H,52,53)(H,55,61)(H,56,62)/t30-,31?,39-,40-,41-,42+,43-,44?/m0/s1. The summed E-state index contributed by atoms with van der Waals surface area (Å²) in [6.45, 7) is 7.69. The summed E-state index contributed by atoms with van der Waals surface area (Å²) >= 11 is 0. The van der Waals surface area contributed by atoms with Crippen LogP contribution >= 0.6 is 0 Å². The first kappa shape index (κ1) is 41.1. The number of nitrogens with zero attached hydrogens (tertiary/aromatic N) is 4. The van der Waals surface area contributed by atoms with Crippen molar-refractivity contribution in [1.82, 2.24) is 40.4 Å². The van der Waals surface area contributed by atoms with Crippen molar-refractivity contribution in [3.63, 3.8) is 0 Å². The zero-order chi connectivity index (χ0) is 44.6. The van der Waals surface area contributed by atoms with Crippen molar-refractivity contribution < 1.29 is 28.7 Å². The SMILES string of the molecule is COC(=O)NC(C(=O)N1[C@@H](c2nc3ccc(-c4ccc(-c5ccc(-c6cnc([C@@H]7C[C@@H]8C[C@@H]8N7C(=O)[C@@H](NC(=O)OC)C(C)C)[nH]6)cc5)c5c4C=C=C=C5)cc3[nH]2)CC2C[C@@H]21)C(C)C. The first-order chi connectivity index (χ1) is 30.9. The van der Waals surface area contributed by atoms with Crippen molar-refractivity contribution in [3.05, 3.63) is 95.0 Å². The lowest BCUT2D eigenvalue weighted by Gasteiger charge is -2.31. The van der Waals surface area contributed by atoms with Gasteiger partial charge in [0.2, 0.25) is 11.8 Å². The Hall–Kier alpha value is -6.88. The smallest absolute Gasteiger partial charge is 0.407 e. The van der Waals surface area contributed by atoms with Gasteiger partial charge in [-0.3, -0.25) is 9.59 Å². The Morgan fingerprint density at radius 3 is 1.73 bits per heavy atom. The van der Waals surface area contributed by atoms with E-state index in [9.17, 15) is 19.2 Å². The molecule has 0 bridgehead atoms. The number of nitrogens with one attached hydrogen (secondary N) is 4. The van der Waals surface area contributed by atoms with Gasteiger partial charge in [-0.25, -0.2) is 19.6 Å². The summed E-state index contributed by atoms with van der Waals surface area (Å²) in [4.78, 5) is 72.9. The molecule has 2 aliphatic heterocycles. The lowest BCUT2D eigenvalue weighted by atomic mass is 9.87. The Bertz CT molecular complexity index is 2810. The van der Waals surface area contributed by atoms with Gasteiger partial charge in [-0.15, -0.1) is 0 Å². The van der Waals surface area contributed by atoms with Crippen molar-refractivity contribution in [2.24, 2.45) is 23.7 Å². The van der Waals surface area contributed by atoms with E-state index in [1.807, 2.05) is 61.9 Å². The van der Waals surface area contributed by atoms with Crippen LogP contribution in [0.25, 0.3) is 56.7 Å². The summed E-state index contributed by atoms with van der Waals surface area (Å²) in [7, 11) is 2.61. The number of amides is 4. The molecule has 4 N–H and O–H groups in total. The fourth-order valence-corrected chi connectivity index (χ4v) is 10.3. The highest BCUT2D eigenvalue weighted by Gasteiger charge is 2.57. The van der Waals surface area contributed by atoms with E-state index in [-0.39, 0.29) is 47.8 Å². The molecule has 2 saturated heterocycles. The van der Waals surface area contributed by atoms with Crippen LogP contribution in [0.2, 0.25) is 0 Å². The number of alkyl carbamates (subject to hydrolysis) is 2. The Labute approximate surface area is 371 Å². The molecule has 4 fully saturated rings. The van der Waals surface area contributed by atoms with Crippen molar-refractivity contribution >= 4 is 47.2 Å². The zero-order valence-electron chi connectivity index (χ0n) is 36.8. The molecule has 0 radical (unpaired) electrons. The van der Waals surface area contributed by atoms with Gasteiger partial charge < -0.3 is 39.9 Å². The number of hydrogen-bond donors (Lipinski definition) is 4. The van der Waals surface area contributed by atoms with E-state index in [4.69, 9.17) is 19.4 Å². The number of rotatable bonds is 11. The van der Waals surface area contributed by atoms with Crippen LogP contribution in [0.5, 0.6) is 0 Å². The molecule has 14 heteroatoms. The van der Waals surface area contributed by atoms with Crippen LogP contribution in [0.3, 0.4) is 0 Å². The highest BCUT2D eigenvalue weighted by molar-refractivity contribution is 5.93. The summed E-state index contributed by atoms with van der Waals surface area (Å²) in [5, 5.41) is 5.50. The summed E-state index contributed by atoms with van der Waals surface area (Å²) in [6.07, 6.45) is 8.16. The molecule has 8 atom stereocenters. The molecule has 10 rings (SSSR count). The van der Waals surface area contributed by atoms with Crippen LogP contribution in [0.1, 0.15) is 88.2 Å². The second-order valence-electron chi connectivity index (χ2n) is 18.5. The van der Waals surface area contributed by atoms with Gasteiger partial charge in [-0.2, -0.15) is 0 Å². The van der Waals surface area contributed by atoms with Crippen LogP contribution in [0.4, 0.5) is 9.59 Å². The molecule has 2 unspecified atom stereocenters. The van der Waals surface area contributed by atoms with E-state index in [0.717, 1.165) is 93.0 Å². The van der Waals surface area contributed by atoms with Gasteiger partial charge in [0.05, 0.1) is 49.2 Å². The number of ether oxygens (including phenoxy) is 2. The lowest BCUT2D eigenvalue weighted by molar-refractivity contribution is -0.137. The lowest BCUT2D eigenvalue weighted by Crippen LogP contribution is -2.52. The van der Waals surface area contributed by atoms with Crippen molar-refractivity contribution in [2.75, 3.05) is 14.2 Å². The molecule has 4 heterocycles. The zero-order valence-corrected chi connectivity index (χ0v) is 36.8. The van der Waals surface area contributed by atoms with Crippen LogP contribution in [-0.4, -0.2) is 92.1 Å². The van der Waals surface area contributed by atoms with Crippen LogP contribution in [0.15, 0.2) is 72.3 Å². The van der Waals surface area contributed by atoms with E-state index in [1.165, 1.54) is 14.2 Å². The second-order valence-corrected chi connectivity index (χ2v) is 18.5. The van der Waals surface area contributed by atoms with Crippen LogP contribution in [0, 0.1) is 23.7 Å². The van der Waals surface area contributed by atoms with Gasteiger partial charge in [-0.05, 0) is 113 Å². The maximum absolute atomic E-state index is 14.0. The highest BCUT2D eigenvalue weighted by atomic mass is 16.5. The quantitative estimate of drug-likeness (QED) is 0.0945. The molecule has 2 aromatic heterocycles. The number of H-pyrrole nitrogens is 2. The summed E-state index contributed by atoms with van der Waals surface area (Å²) in [6, 6.07) is 17.4. The maximum atomic E-state index is 14.0. The van der Waals surface area contributed by atoms with Gasteiger partial charge >= 0.3 is 12.2 Å². The molecule has 328 valence electrons. The molecule has 4 amide bonds. The normalized spacial score (nSPS) is 23.2. The Morgan fingerprint density at radius 1 is 0.672 bits per heavy atom. The van der Waals surface area contributed by atoms with E-state index in [1.54, 1.807) is 0 Å². The number of carbonyl (C=O) groups is 4. The Balaban J connectivity index is 0.880. The van der Waals surface area contributed by atoms with E-state index in [0.29, 0.717) is 11.8 Å². The topological polar surface area (TPSA) is 175 Å². The first-order valence-electron chi connectivity index (χ1n) is 22.3. The van der Waals surface area contributed by atoms with Crippen LogP contribution in [-0.2, 0) is 19.1 Å². The number of aromatic nitrogens is 4. The number of hydrogen-bond acceptors (Lipinski definition) is 8. The predicted octanol–water partition coefficient (Wildman–Crippen LogP) is 8.17. The fourth-order valence-electron chi connectivity index (χ4n) is 10.3. The van der Waals surface area contributed by atoms with Crippen molar-refractivity contribution in [1.29, 1.82) is 0 Å². The molecule has 64 heavy (non-hydrogen) atoms. The van der Waals surface area contributed by atoms with Gasteiger partial charge in [-0.1, -0.05) is 81.6 Å². The minimum atomic E-state index is -0.694. The number of methoxy groups -OCH3 is 2. The third-order valence-corrected chi connectivity index (χ3v) is 13.8. The summed E-state index contributed by atoms with van der Waals surface area (Å²) in [5.74, 6) is 1.93. The minimum absolute atomic E-state index is 0.105. The molecule has 5 aromatic rings. The second kappa shape index (κ2) is 16.0. The van der Waals surface area contributed by atoms with Crippen LogP contribution < -0.4 is 10.6 Å². The third kappa shape index (κ3) is 7.26. The van der Waals surface area contributed by atoms with E-state index in [2.05, 4.69) is 80.6 Å².